The lowest BCUT2D eigenvalue weighted by atomic mass is 9.90. The summed E-state index contributed by atoms with van der Waals surface area (Å²) in [5.74, 6) is 1.48. The van der Waals surface area contributed by atoms with E-state index in [1.807, 2.05) is 103 Å². The van der Waals surface area contributed by atoms with Crippen LogP contribution in [0, 0.1) is 0 Å². The molecule has 36 heavy (non-hydrogen) atoms. The van der Waals surface area contributed by atoms with Gasteiger partial charge in [0, 0.05) is 25.7 Å². The zero-order chi connectivity index (χ0) is 24.6. The molecule has 4 aromatic carbocycles. The molecule has 0 aliphatic carbocycles. The van der Waals surface area contributed by atoms with Crippen LogP contribution in [0.25, 0.3) is 0 Å². The lowest BCUT2D eigenvalue weighted by molar-refractivity contribution is -0.122. The van der Waals surface area contributed by atoms with Crippen LogP contribution in [-0.4, -0.2) is 29.9 Å². The zero-order valence-electron chi connectivity index (χ0n) is 20.4. The summed E-state index contributed by atoms with van der Waals surface area (Å²) in [6.07, 6.45) is 1.89. The maximum absolute atomic E-state index is 13.4. The largest absolute Gasteiger partial charge is 0.457 e. The summed E-state index contributed by atoms with van der Waals surface area (Å²) in [7, 11) is 0. The first kappa shape index (κ1) is 23.8. The molecule has 4 aromatic rings. The molecule has 1 aliphatic rings. The van der Waals surface area contributed by atoms with E-state index in [9.17, 15) is 4.79 Å². The fourth-order valence-electron chi connectivity index (χ4n) is 4.90. The Bertz CT molecular complexity index is 1200. The molecule has 1 fully saturated rings. The maximum Gasteiger partial charge on any atom is 0.232 e. The second-order valence-electron chi connectivity index (χ2n) is 9.38. The molecule has 0 atom stereocenters. The van der Waals surface area contributed by atoms with Gasteiger partial charge in [-0.15, -0.1) is 0 Å². The third-order valence-corrected chi connectivity index (χ3v) is 6.75. The highest BCUT2D eigenvalue weighted by molar-refractivity contribution is 5.87. The van der Waals surface area contributed by atoms with Gasteiger partial charge in [0.2, 0.25) is 5.91 Å². The minimum Gasteiger partial charge on any atom is -0.457 e. The van der Waals surface area contributed by atoms with Gasteiger partial charge in [0.05, 0.1) is 5.92 Å². The van der Waals surface area contributed by atoms with Crippen molar-refractivity contribution in [1.82, 2.24) is 10.2 Å². The number of piperidine rings is 1. The average molecular weight is 477 g/mol. The van der Waals surface area contributed by atoms with Crippen molar-refractivity contribution in [1.29, 1.82) is 0 Å². The molecular formula is C32H32N2O2. The molecule has 0 radical (unpaired) electrons. The van der Waals surface area contributed by atoms with E-state index in [1.165, 1.54) is 5.56 Å². The third-order valence-electron chi connectivity index (χ3n) is 6.75. The molecule has 1 heterocycles. The topological polar surface area (TPSA) is 41.6 Å². The predicted molar refractivity (Wildman–Crippen MR) is 144 cm³/mol. The molecule has 0 unspecified atom stereocenters. The van der Waals surface area contributed by atoms with Crippen LogP contribution in [0.1, 0.15) is 35.4 Å². The van der Waals surface area contributed by atoms with Crippen LogP contribution >= 0.6 is 0 Å². The second-order valence-corrected chi connectivity index (χ2v) is 9.38. The van der Waals surface area contributed by atoms with Gasteiger partial charge in [0.1, 0.15) is 11.5 Å². The van der Waals surface area contributed by atoms with E-state index in [1.54, 1.807) is 0 Å². The third kappa shape index (κ3) is 6.21. The van der Waals surface area contributed by atoms with Gasteiger partial charge < -0.3 is 10.1 Å². The number of nitrogens with one attached hydrogen (secondary N) is 1. The Balaban J connectivity index is 1.17. The molecule has 0 bridgehead atoms. The van der Waals surface area contributed by atoms with E-state index in [4.69, 9.17) is 4.74 Å². The van der Waals surface area contributed by atoms with Crippen LogP contribution in [0.3, 0.4) is 0 Å². The first-order valence-corrected chi connectivity index (χ1v) is 12.7. The first-order chi connectivity index (χ1) is 17.7. The lowest BCUT2D eigenvalue weighted by Gasteiger charge is -2.33. The fraction of sp³-hybridized carbons (Fsp3) is 0.219. The number of amides is 1. The van der Waals surface area contributed by atoms with Crippen molar-refractivity contribution in [2.24, 2.45) is 0 Å². The number of rotatable bonds is 8. The number of benzene rings is 4. The number of carbonyl (C=O) groups excluding carboxylic acids is 1. The van der Waals surface area contributed by atoms with Crippen molar-refractivity contribution in [2.45, 2.75) is 31.3 Å². The standard InChI is InChI=1S/C32H32N2O2/c35-32(31(26-12-4-1-5-13-26)27-14-6-2-7-15-27)33-28-19-21-34(22-20-28)24-25-11-10-18-30(23-25)36-29-16-8-3-9-17-29/h1-18,23,28,31H,19-22,24H2,(H,33,35). The lowest BCUT2D eigenvalue weighted by Crippen LogP contribution is -2.45. The molecule has 0 saturated carbocycles. The Hall–Kier alpha value is -3.89. The van der Waals surface area contributed by atoms with Crippen molar-refractivity contribution in [3.05, 3.63) is 132 Å². The second kappa shape index (κ2) is 11.7. The van der Waals surface area contributed by atoms with Crippen LogP contribution in [0.15, 0.2) is 115 Å². The normalized spacial score (nSPS) is 14.5. The van der Waals surface area contributed by atoms with Gasteiger partial charge in [-0.1, -0.05) is 91.0 Å². The van der Waals surface area contributed by atoms with Gasteiger partial charge in [0.25, 0.3) is 0 Å². The summed E-state index contributed by atoms with van der Waals surface area (Å²) in [5, 5.41) is 3.35. The molecule has 0 spiro atoms. The van der Waals surface area contributed by atoms with E-state index in [2.05, 4.69) is 22.3 Å². The monoisotopic (exact) mass is 476 g/mol. The zero-order valence-corrected chi connectivity index (χ0v) is 20.4. The number of likely N-dealkylation sites (tertiary alicyclic amines) is 1. The first-order valence-electron chi connectivity index (χ1n) is 12.7. The van der Waals surface area contributed by atoms with Crippen LogP contribution < -0.4 is 10.1 Å². The van der Waals surface area contributed by atoms with Crippen molar-refractivity contribution in [3.8, 4) is 11.5 Å². The van der Waals surface area contributed by atoms with Crippen LogP contribution in [0.2, 0.25) is 0 Å². The van der Waals surface area contributed by atoms with Crippen molar-refractivity contribution >= 4 is 5.91 Å². The van der Waals surface area contributed by atoms with Crippen molar-refractivity contribution in [2.75, 3.05) is 13.1 Å². The summed E-state index contributed by atoms with van der Waals surface area (Å²) in [5.41, 5.74) is 3.28. The van der Waals surface area contributed by atoms with E-state index >= 15 is 0 Å². The van der Waals surface area contributed by atoms with E-state index in [-0.39, 0.29) is 17.9 Å². The van der Waals surface area contributed by atoms with E-state index < -0.39 is 0 Å². The summed E-state index contributed by atoms with van der Waals surface area (Å²) < 4.78 is 6.00. The highest BCUT2D eigenvalue weighted by Gasteiger charge is 2.27. The Labute approximate surface area is 213 Å². The van der Waals surface area contributed by atoms with Gasteiger partial charge in [-0.2, -0.15) is 0 Å². The summed E-state index contributed by atoms with van der Waals surface area (Å²) in [6.45, 7) is 2.79. The SMILES string of the molecule is O=C(NC1CCN(Cc2cccc(Oc3ccccc3)c2)CC1)C(c1ccccc1)c1ccccc1. The minimum atomic E-state index is -0.294. The molecule has 5 rings (SSSR count). The number of carbonyl (C=O) groups is 1. The highest BCUT2D eigenvalue weighted by atomic mass is 16.5. The number of para-hydroxylation sites is 1. The van der Waals surface area contributed by atoms with Gasteiger partial charge in [-0.3, -0.25) is 9.69 Å². The number of hydrogen-bond donors (Lipinski definition) is 1. The molecule has 0 aromatic heterocycles. The molecule has 1 saturated heterocycles. The molecule has 4 heteroatoms. The number of hydrogen-bond acceptors (Lipinski definition) is 3. The number of ether oxygens (including phenoxy) is 1. The van der Waals surface area contributed by atoms with Crippen LogP contribution in [0.5, 0.6) is 11.5 Å². The van der Waals surface area contributed by atoms with Gasteiger partial charge in [-0.25, -0.2) is 0 Å². The molecule has 182 valence electrons. The Kier molecular flexibility index (Phi) is 7.74. The van der Waals surface area contributed by atoms with Crippen LogP contribution in [-0.2, 0) is 11.3 Å². The fourth-order valence-corrected chi connectivity index (χ4v) is 4.90. The number of nitrogens with zero attached hydrogens (tertiary/aromatic N) is 1. The van der Waals surface area contributed by atoms with Crippen molar-refractivity contribution in [3.63, 3.8) is 0 Å². The van der Waals surface area contributed by atoms with Crippen LogP contribution in [0.4, 0.5) is 0 Å². The average Bonchev–Trinajstić information content (AvgIpc) is 2.92. The minimum absolute atomic E-state index is 0.0802. The van der Waals surface area contributed by atoms with E-state index in [0.717, 1.165) is 55.1 Å². The quantitative estimate of drug-likeness (QED) is 0.320. The smallest absolute Gasteiger partial charge is 0.232 e. The van der Waals surface area contributed by atoms with Gasteiger partial charge in [0.15, 0.2) is 0 Å². The summed E-state index contributed by atoms with van der Waals surface area (Å²) >= 11 is 0. The Morgan fingerprint density at radius 3 is 1.92 bits per heavy atom. The Morgan fingerprint density at radius 1 is 0.750 bits per heavy atom. The van der Waals surface area contributed by atoms with Crippen molar-refractivity contribution < 1.29 is 9.53 Å². The molecule has 1 aliphatic heterocycles. The highest BCUT2D eigenvalue weighted by Crippen LogP contribution is 2.26. The van der Waals surface area contributed by atoms with Gasteiger partial charge >= 0.3 is 0 Å². The van der Waals surface area contributed by atoms with E-state index in [0.29, 0.717) is 0 Å². The summed E-state index contributed by atoms with van der Waals surface area (Å²) in [6, 6.07) is 38.5. The maximum atomic E-state index is 13.4. The predicted octanol–water partition coefficient (Wildman–Crippen LogP) is 6.39. The van der Waals surface area contributed by atoms with Gasteiger partial charge in [-0.05, 0) is 53.8 Å². The molecule has 4 nitrogen and oxygen atoms in total. The molecule has 1 amide bonds. The molecule has 1 N–H and O–H groups in total. The summed E-state index contributed by atoms with van der Waals surface area (Å²) in [4.78, 5) is 15.9. The molecular weight excluding hydrogens is 444 g/mol. The Morgan fingerprint density at radius 2 is 1.31 bits per heavy atom.